The molecule has 0 saturated carbocycles. The lowest BCUT2D eigenvalue weighted by atomic mass is 10.1. The van der Waals surface area contributed by atoms with E-state index < -0.39 is 10.8 Å². The molecule has 1 amide bonds. The molecule has 2 unspecified atom stereocenters. The van der Waals surface area contributed by atoms with Crippen molar-refractivity contribution >= 4 is 28.0 Å². The van der Waals surface area contributed by atoms with Gasteiger partial charge >= 0.3 is 0 Å². The molecular weight excluding hydrogens is 292 g/mol. The van der Waals surface area contributed by atoms with E-state index in [0.29, 0.717) is 6.54 Å². The van der Waals surface area contributed by atoms with Crippen molar-refractivity contribution in [2.45, 2.75) is 31.6 Å². The minimum absolute atomic E-state index is 0.159. The van der Waals surface area contributed by atoms with E-state index in [2.05, 4.69) is 16.8 Å². The molecule has 0 aromatic carbocycles. The van der Waals surface area contributed by atoms with Crippen LogP contribution < -0.4 is 5.32 Å². The fourth-order valence-corrected chi connectivity index (χ4v) is 3.58. The van der Waals surface area contributed by atoms with Crippen LogP contribution in [0.4, 0.5) is 0 Å². The molecule has 0 aliphatic carbocycles. The van der Waals surface area contributed by atoms with E-state index >= 15 is 0 Å². The molecule has 0 spiro atoms. The van der Waals surface area contributed by atoms with E-state index in [1.165, 1.54) is 10.4 Å². The fraction of sp³-hybridized carbons (Fsp3) is 0.643. The highest BCUT2D eigenvalue weighted by atomic mass is 32.2. The number of carbonyl (C=O) groups is 1. The van der Waals surface area contributed by atoms with Gasteiger partial charge in [0.25, 0.3) is 0 Å². The lowest BCUT2D eigenvalue weighted by Crippen LogP contribution is -2.41. The van der Waals surface area contributed by atoms with Gasteiger partial charge in [0.1, 0.15) is 0 Å². The van der Waals surface area contributed by atoms with Crippen LogP contribution in [0.1, 0.15) is 23.8 Å². The summed E-state index contributed by atoms with van der Waals surface area (Å²) in [5.74, 6) is 0.159. The molecule has 0 bridgehead atoms. The van der Waals surface area contributed by atoms with E-state index in [9.17, 15) is 9.00 Å². The first-order valence-electron chi connectivity index (χ1n) is 6.94. The van der Waals surface area contributed by atoms with Crippen molar-refractivity contribution in [1.82, 2.24) is 10.2 Å². The van der Waals surface area contributed by atoms with Crippen LogP contribution in [0.3, 0.4) is 0 Å². The Morgan fingerprint density at radius 1 is 1.60 bits per heavy atom. The van der Waals surface area contributed by atoms with Crippen molar-refractivity contribution in [2.24, 2.45) is 0 Å². The number of hydrogen-bond acceptors (Lipinski definition) is 4. The van der Waals surface area contributed by atoms with Crippen LogP contribution >= 0.6 is 11.3 Å². The average Bonchev–Trinajstić information content (AvgIpc) is 2.90. The molecule has 2 rings (SSSR count). The molecule has 4 nitrogen and oxygen atoms in total. The maximum absolute atomic E-state index is 12.1. The Kier molecular flexibility index (Phi) is 5.74. The summed E-state index contributed by atoms with van der Waals surface area (Å²) in [6, 6.07) is 2.12. The normalized spacial score (nSPS) is 17.6. The van der Waals surface area contributed by atoms with Crippen molar-refractivity contribution in [1.29, 1.82) is 0 Å². The molecule has 1 N–H and O–H groups in total. The molecule has 112 valence electrons. The van der Waals surface area contributed by atoms with Crippen molar-refractivity contribution in [3.8, 4) is 0 Å². The highest BCUT2D eigenvalue weighted by Crippen LogP contribution is 2.23. The lowest BCUT2D eigenvalue weighted by Gasteiger charge is -2.27. The summed E-state index contributed by atoms with van der Waals surface area (Å²) in [5.41, 5.74) is 1.30. The van der Waals surface area contributed by atoms with E-state index in [1.54, 1.807) is 17.6 Å². The van der Waals surface area contributed by atoms with Crippen LogP contribution in [0.15, 0.2) is 11.4 Å². The molecule has 0 radical (unpaired) electrons. The Morgan fingerprint density at radius 2 is 2.40 bits per heavy atom. The monoisotopic (exact) mass is 314 g/mol. The van der Waals surface area contributed by atoms with Crippen LogP contribution in [0.5, 0.6) is 0 Å². The van der Waals surface area contributed by atoms with E-state index in [1.807, 2.05) is 11.8 Å². The molecule has 1 aliphatic heterocycles. The Balaban J connectivity index is 1.70. The third kappa shape index (κ3) is 4.14. The molecule has 2 atom stereocenters. The summed E-state index contributed by atoms with van der Waals surface area (Å²) >= 11 is 1.78. The Morgan fingerprint density at radius 3 is 3.15 bits per heavy atom. The summed E-state index contributed by atoms with van der Waals surface area (Å²) in [4.78, 5) is 15.5. The second kappa shape index (κ2) is 7.33. The lowest BCUT2D eigenvalue weighted by molar-refractivity contribution is -0.131. The maximum atomic E-state index is 12.1. The molecule has 1 aliphatic rings. The molecule has 2 heterocycles. The number of nitrogens with one attached hydrogen (secondary N) is 1. The van der Waals surface area contributed by atoms with E-state index in [0.717, 1.165) is 32.5 Å². The first-order valence-corrected chi connectivity index (χ1v) is 9.44. The third-order valence-electron chi connectivity index (χ3n) is 3.73. The van der Waals surface area contributed by atoms with Crippen LogP contribution in [0.25, 0.3) is 0 Å². The minimum Gasteiger partial charge on any atom is -0.337 e. The van der Waals surface area contributed by atoms with Gasteiger partial charge in [-0.15, -0.1) is 11.3 Å². The zero-order chi connectivity index (χ0) is 14.5. The minimum atomic E-state index is -0.783. The molecule has 6 heteroatoms. The van der Waals surface area contributed by atoms with Crippen LogP contribution in [-0.4, -0.2) is 46.2 Å². The number of thiophene rings is 1. The number of nitrogens with zero attached hydrogens (tertiary/aromatic N) is 1. The fourth-order valence-electron chi connectivity index (χ4n) is 2.24. The van der Waals surface area contributed by atoms with Gasteiger partial charge in [0, 0.05) is 40.3 Å². The van der Waals surface area contributed by atoms with Gasteiger partial charge in [-0.3, -0.25) is 9.00 Å². The summed E-state index contributed by atoms with van der Waals surface area (Å²) < 4.78 is 11.2. The van der Waals surface area contributed by atoms with Crippen LogP contribution in [-0.2, 0) is 28.6 Å². The Bertz CT molecular complexity index is 487. The van der Waals surface area contributed by atoms with Crippen molar-refractivity contribution in [3.05, 3.63) is 21.9 Å². The zero-order valence-electron chi connectivity index (χ0n) is 12.1. The predicted octanol–water partition coefficient (Wildman–Crippen LogP) is 1.38. The average molecular weight is 314 g/mol. The smallest absolute Gasteiger partial charge is 0.236 e. The SMILES string of the molecule is CC(CCNCC(=O)N1CCc2sccc2C1)S(C)=O. The van der Waals surface area contributed by atoms with Crippen molar-refractivity contribution in [3.63, 3.8) is 0 Å². The topological polar surface area (TPSA) is 49.4 Å². The quantitative estimate of drug-likeness (QED) is 0.807. The highest BCUT2D eigenvalue weighted by molar-refractivity contribution is 7.84. The summed E-state index contributed by atoms with van der Waals surface area (Å²) in [5, 5.41) is 5.44. The molecule has 1 aromatic rings. The number of amides is 1. The molecule has 1 aromatic heterocycles. The number of fused-ring (bicyclic) bond motifs is 1. The highest BCUT2D eigenvalue weighted by Gasteiger charge is 2.20. The third-order valence-corrected chi connectivity index (χ3v) is 6.12. The molecule has 20 heavy (non-hydrogen) atoms. The van der Waals surface area contributed by atoms with Gasteiger partial charge in [-0.1, -0.05) is 6.92 Å². The van der Waals surface area contributed by atoms with E-state index in [4.69, 9.17) is 0 Å². The van der Waals surface area contributed by atoms with Crippen LogP contribution in [0, 0.1) is 0 Å². The number of rotatable bonds is 6. The van der Waals surface area contributed by atoms with Gasteiger partial charge in [-0.05, 0) is 36.4 Å². The predicted molar refractivity (Wildman–Crippen MR) is 84.5 cm³/mol. The Labute approximate surface area is 127 Å². The standard InChI is InChI=1S/C14H22N2O2S2/c1-11(20(2)18)3-6-15-9-14(17)16-7-4-13-12(10-16)5-8-19-13/h5,8,11,15H,3-4,6-7,9-10H2,1-2H3. The van der Waals surface area contributed by atoms with Gasteiger partial charge in [0.05, 0.1) is 6.54 Å². The molecule has 0 fully saturated rings. The summed E-state index contributed by atoms with van der Waals surface area (Å²) in [7, 11) is -0.783. The second-order valence-corrected chi connectivity index (χ2v) is 8.01. The number of hydrogen-bond donors (Lipinski definition) is 1. The molecule has 0 saturated heterocycles. The second-order valence-electron chi connectivity index (χ2n) is 5.21. The Hall–Kier alpha value is -0.720. The largest absolute Gasteiger partial charge is 0.337 e. The first-order chi connectivity index (χ1) is 9.58. The molecular formula is C14H22N2O2S2. The van der Waals surface area contributed by atoms with E-state index in [-0.39, 0.29) is 11.2 Å². The van der Waals surface area contributed by atoms with Gasteiger partial charge in [0.2, 0.25) is 5.91 Å². The van der Waals surface area contributed by atoms with Gasteiger partial charge in [-0.2, -0.15) is 0 Å². The van der Waals surface area contributed by atoms with Crippen LogP contribution in [0.2, 0.25) is 0 Å². The van der Waals surface area contributed by atoms with Gasteiger partial charge < -0.3 is 10.2 Å². The zero-order valence-corrected chi connectivity index (χ0v) is 13.7. The maximum Gasteiger partial charge on any atom is 0.236 e. The first kappa shape index (κ1) is 15.7. The number of carbonyl (C=O) groups excluding carboxylic acids is 1. The van der Waals surface area contributed by atoms with Gasteiger partial charge in [-0.25, -0.2) is 0 Å². The van der Waals surface area contributed by atoms with Crippen molar-refractivity contribution in [2.75, 3.05) is 25.9 Å². The van der Waals surface area contributed by atoms with Crippen molar-refractivity contribution < 1.29 is 9.00 Å². The van der Waals surface area contributed by atoms with Gasteiger partial charge in [0.15, 0.2) is 0 Å². The summed E-state index contributed by atoms with van der Waals surface area (Å²) in [6.07, 6.45) is 3.54. The summed E-state index contributed by atoms with van der Waals surface area (Å²) in [6.45, 7) is 4.66.